The molecule has 2 aliphatic heterocycles. The van der Waals surface area contributed by atoms with Gasteiger partial charge in [-0.15, -0.1) is 0 Å². The molecule has 2 atom stereocenters. The van der Waals surface area contributed by atoms with Gasteiger partial charge in [-0.05, 0) is 26.8 Å². The first kappa shape index (κ1) is 23.2. The number of ether oxygens (including phenoxy) is 3. The van der Waals surface area contributed by atoms with E-state index in [0.717, 1.165) is 12.1 Å². The van der Waals surface area contributed by atoms with E-state index in [9.17, 15) is 9.59 Å². The Hall–Kier alpha value is -2.49. The number of hydrogen-bond acceptors (Lipinski definition) is 8. The van der Waals surface area contributed by atoms with Gasteiger partial charge in [0.25, 0.3) is 0 Å². The second-order valence-corrected chi connectivity index (χ2v) is 8.57. The number of rotatable bonds is 9. The molecule has 1 aliphatic carbocycles. The standard InChI is InChI=1S/C22H32N4O5/c1-21(2,3)31-20(28)24-9-12-30-13-10-26-19(6-11-29-4)25-18-15-16(27)14-17-22(18,26)7-5-8-23-17/h5,7-8,14-15,19,25H,6,9-13H2,1-4H3,(H,24,28). The van der Waals surface area contributed by atoms with Gasteiger partial charge < -0.3 is 24.8 Å². The molecule has 0 radical (unpaired) electrons. The summed E-state index contributed by atoms with van der Waals surface area (Å²) >= 11 is 0. The van der Waals surface area contributed by atoms with Crippen LogP contribution in [-0.4, -0.2) is 80.3 Å². The molecular weight excluding hydrogens is 400 g/mol. The van der Waals surface area contributed by atoms with Gasteiger partial charge in [0.1, 0.15) is 11.1 Å². The minimum absolute atomic E-state index is 0.0260. The average Bonchev–Trinajstić information content (AvgIpc) is 2.98. The van der Waals surface area contributed by atoms with Crippen LogP contribution in [0.5, 0.6) is 0 Å². The van der Waals surface area contributed by atoms with Crippen LogP contribution >= 0.6 is 0 Å². The zero-order valence-corrected chi connectivity index (χ0v) is 18.6. The Kier molecular flexibility index (Phi) is 7.30. The SMILES string of the molecule is COCCC1NC2=CC(=O)C=C3N=CC=CC32N1CCOCCNC(=O)OC(C)(C)C. The van der Waals surface area contributed by atoms with Gasteiger partial charge in [-0.1, -0.05) is 6.08 Å². The van der Waals surface area contributed by atoms with Crippen molar-refractivity contribution in [2.24, 2.45) is 4.99 Å². The normalized spacial score (nSPS) is 24.8. The summed E-state index contributed by atoms with van der Waals surface area (Å²) in [5.41, 5.74) is 0.407. The summed E-state index contributed by atoms with van der Waals surface area (Å²) in [5, 5.41) is 6.16. The Morgan fingerprint density at radius 1 is 1.29 bits per heavy atom. The summed E-state index contributed by atoms with van der Waals surface area (Å²) in [6.45, 7) is 7.83. The minimum atomic E-state index is -0.598. The molecule has 2 heterocycles. The van der Waals surface area contributed by atoms with Crippen LogP contribution in [-0.2, 0) is 19.0 Å². The molecule has 0 bridgehead atoms. The molecule has 0 aromatic carbocycles. The third kappa shape index (κ3) is 5.41. The number of carbonyl (C=O) groups is 2. The lowest BCUT2D eigenvalue weighted by Crippen LogP contribution is -2.51. The number of methoxy groups -OCH3 is 1. The largest absolute Gasteiger partial charge is 0.444 e. The molecule has 1 saturated heterocycles. The highest BCUT2D eigenvalue weighted by Crippen LogP contribution is 2.43. The van der Waals surface area contributed by atoms with E-state index in [2.05, 4.69) is 26.6 Å². The van der Waals surface area contributed by atoms with Crippen LogP contribution in [0.25, 0.3) is 0 Å². The van der Waals surface area contributed by atoms with Crippen molar-refractivity contribution in [3.8, 4) is 0 Å². The number of aliphatic imine (C=N–C) groups is 1. The summed E-state index contributed by atoms with van der Waals surface area (Å²) in [4.78, 5) is 30.6. The van der Waals surface area contributed by atoms with Crippen molar-refractivity contribution in [2.75, 3.05) is 40.0 Å². The Morgan fingerprint density at radius 3 is 2.84 bits per heavy atom. The molecule has 1 fully saturated rings. The molecule has 0 saturated carbocycles. The number of dihydropyridines is 1. The highest BCUT2D eigenvalue weighted by molar-refractivity contribution is 6.03. The van der Waals surface area contributed by atoms with Gasteiger partial charge in [0.05, 0.1) is 25.1 Å². The smallest absolute Gasteiger partial charge is 0.407 e. The molecule has 1 amide bonds. The molecule has 0 aromatic rings. The summed E-state index contributed by atoms with van der Waals surface area (Å²) in [5.74, 6) is -0.0719. The highest BCUT2D eigenvalue weighted by atomic mass is 16.6. The first-order valence-electron chi connectivity index (χ1n) is 10.5. The van der Waals surface area contributed by atoms with Crippen molar-refractivity contribution in [1.29, 1.82) is 0 Å². The van der Waals surface area contributed by atoms with Crippen LogP contribution in [0.4, 0.5) is 4.79 Å². The first-order valence-corrected chi connectivity index (χ1v) is 10.5. The summed E-state index contributed by atoms with van der Waals surface area (Å²) in [7, 11) is 1.67. The first-order chi connectivity index (χ1) is 14.8. The lowest BCUT2D eigenvalue weighted by molar-refractivity contribution is -0.110. The number of carbonyl (C=O) groups excluding carboxylic acids is 2. The second-order valence-electron chi connectivity index (χ2n) is 8.57. The van der Waals surface area contributed by atoms with E-state index in [1.807, 2.05) is 26.8 Å². The zero-order valence-electron chi connectivity index (χ0n) is 18.6. The van der Waals surface area contributed by atoms with Gasteiger partial charge in [-0.2, -0.15) is 0 Å². The summed E-state index contributed by atoms with van der Waals surface area (Å²) in [6.07, 6.45) is 9.15. The van der Waals surface area contributed by atoms with Crippen LogP contribution in [0, 0.1) is 0 Å². The molecule has 3 rings (SSSR count). The van der Waals surface area contributed by atoms with Crippen LogP contribution in [0.15, 0.2) is 40.7 Å². The molecule has 2 unspecified atom stereocenters. The molecule has 2 N–H and O–H groups in total. The van der Waals surface area contributed by atoms with E-state index in [1.54, 1.807) is 25.5 Å². The molecule has 0 aromatic heterocycles. The average molecular weight is 433 g/mol. The maximum absolute atomic E-state index is 12.2. The molecule has 1 spiro atoms. The number of hydrogen-bond donors (Lipinski definition) is 2. The molecule has 31 heavy (non-hydrogen) atoms. The molecular formula is C22H32N4O5. The van der Waals surface area contributed by atoms with E-state index in [1.165, 1.54) is 0 Å². The van der Waals surface area contributed by atoms with Crippen LogP contribution in [0.3, 0.4) is 0 Å². The van der Waals surface area contributed by atoms with Gasteiger partial charge >= 0.3 is 6.09 Å². The number of allylic oxidation sites excluding steroid dienone is 3. The fourth-order valence-corrected chi connectivity index (χ4v) is 3.94. The van der Waals surface area contributed by atoms with Crippen molar-refractivity contribution in [2.45, 2.75) is 44.5 Å². The van der Waals surface area contributed by atoms with E-state index in [0.29, 0.717) is 38.6 Å². The van der Waals surface area contributed by atoms with E-state index in [4.69, 9.17) is 14.2 Å². The van der Waals surface area contributed by atoms with Crippen LogP contribution in [0.1, 0.15) is 27.2 Å². The highest BCUT2D eigenvalue weighted by Gasteiger charge is 2.52. The number of alkyl carbamates (subject to hydrolysis) is 1. The quantitative estimate of drug-likeness (QED) is 0.533. The monoisotopic (exact) mass is 432 g/mol. The van der Waals surface area contributed by atoms with Gasteiger partial charge in [0, 0.05) is 57.3 Å². The van der Waals surface area contributed by atoms with Crippen LogP contribution < -0.4 is 10.6 Å². The Labute approximate surface area is 183 Å². The number of amides is 1. The topological polar surface area (TPSA) is 101 Å². The van der Waals surface area contributed by atoms with E-state index >= 15 is 0 Å². The molecule has 9 heteroatoms. The third-order valence-corrected chi connectivity index (χ3v) is 5.14. The van der Waals surface area contributed by atoms with E-state index in [-0.39, 0.29) is 11.9 Å². The fourth-order valence-electron chi connectivity index (χ4n) is 3.94. The molecule has 170 valence electrons. The predicted octanol–water partition coefficient (Wildman–Crippen LogP) is 1.53. The molecule has 3 aliphatic rings. The number of nitrogens with zero attached hydrogens (tertiary/aromatic N) is 2. The Bertz CT molecular complexity index is 811. The van der Waals surface area contributed by atoms with Crippen molar-refractivity contribution in [1.82, 2.24) is 15.5 Å². The summed E-state index contributed by atoms with van der Waals surface area (Å²) in [6, 6.07) is 0. The number of nitrogens with one attached hydrogen (secondary N) is 2. The lowest BCUT2D eigenvalue weighted by atomic mass is 9.84. The lowest BCUT2D eigenvalue weighted by Gasteiger charge is -2.40. The summed E-state index contributed by atoms with van der Waals surface area (Å²) < 4.78 is 16.3. The van der Waals surface area contributed by atoms with Gasteiger partial charge in [-0.25, -0.2) is 4.79 Å². The zero-order chi connectivity index (χ0) is 22.5. The van der Waals surface area contributed by atoms with E-state index < -0.39 is 17.2 Å². The van der Waals surface area contributed by atoms with Crippen molar-refractivity contribution in [3.05, 3.63) is 35.7 Å². The third-order valence-electron chi connectivity index (χ3n) is 5.14. The van der Waals surface area contributed by atoms with Crippen molar-refractivity contribution in [3.63, 3.8) is 0 Å². The molecule has 9 nitrogen and oxygen atoms in total. The maximum Gasteiger partial charge on any atom is 0.407 e. The van der Waals surface area contributed by atoms with Crippen molar-refractivity contribution < 1.29 is 23.8 Å². The van der Waals surface area contributed by atoms with Gasteiger partial charge in [0.2, 0.25) is 0 Å². The van der Waals surface area contributed by atoms with Gasteiger partial charge in [-0.3, -0.25) is 14.7 Å². The number of ketones is 1. The predicted molar refractivity (Wildman–Crippen MR) is 117 cm³/mol. The fraction of sp³-hybridized carbons (Fsp3) is 0.591. The Morgan fingerprint density at radius 2 is 2.10 bits per heavy atom. The van der Waals surface area contributed by atoms with Crippen molar-refractivity contribution >= 4 is 18.1 Å². The minimum Gasteiger partial charge on any atom is -0.444 e. The Balaban J connectivity index is 1.59. The second kappa shape index (κ2) is 9.76. The maximum atomic E-state index is 12.2. The van der Waals surface area contributed by atoms with Gasteiger partial charge in [0.15, 0.2) is 5.78 Å². The van der Waals surface area contributed by atoms with Crippen LogP contribution in [0.2, 0.25) is 0 Å².